The lowest BCUT2D eigenvalue weighted by molar-refractivity contribution is -0.657. The first-order valence-electron chi connectivity index (χ1n) is 9.35. The van der Waals surface area contributed by atoms with Gasteiger partial charge >= 0.3 is 5.95 Å². The van der Waals surface area contributed by atoms with E-state index in [1.807, 2.05) is 19.1 Å². The zero-order valence-electron chi connectivity index (χ0n) is 15.4. The molecule has 138 valence electrons. The Morgan fingerprint density at radius 3 is 2.77 bits per heavy atom. The Hall–Kier alpha value is -2.20. The van der Waals surface area contributed by atoms with E-state index in [-0.39, 0.29) is 11.8 Å². The minimum absolute atomic E-state index is 0.0799. The van der Waals surface area contributed by atoms with Crippen molar-refractivity contribution in [3.63, 3.8) is 0 Å². The second-order valence-electron chi connectivity index (χ2n) is 6.77. The molecule has 0 fully saturated rings. The normalized spacial score (nSPS) is 12.4. The number of hydrogen-bond donors (Lipinski definition) is 3. The van der Waals surface area contributed by atoms with Crippen molar-refractivity contribution in [2.45, 2.75) is 52.1 Å². The number of halogens is 1. The lowest BCUT2D eigenvalue weighted by Crippen LogP contribution is -2.36. The fourth-order valence-corrected chi connectivity index (χ4v) is 3.51. The Labute approximate surface area is 159 Å². The highest BCUT2D eigenvalue weighted by atomic mass is 35.5. The molecule has 0 bridgehead atoms. The molecular formula is C21H27ClN3O+. The second-order valence-corrected chi connectivity index (χ2v) is 7.21. The van der Waals surface area contributed by atoms with Gasteiger partial charge in [-0.3, -0.25) is 5.32 Å². The molecule has 5 heteroatoms. The fraction of sp³-hybridized carbons (Fsp3) is 0.381. The first-order valence-corrected chi connectivity index (χ1v) is 9.73. The summed E-state index contributed by atoms with van der Waals surface area (Å²) in [4.78, 5) is 3.48. The Balaban J connectivity index is 1.87. The topological polar surface area (TPSA) is 51.9 Å². The van der Waals surface area contributed by atoms with E-state index in [9.17, 15) is 5.11 Å². The first kappa shape index (κ1) is 18.6. The summed E-state index contributed by atoms with van der Waals surface area (Å²) in [7, 11) is 0. The SMILES string of the molecule is CCCCCC[n+]1c(NC(C)c2cc(Cl)ccc2O)[nH]c2ccccc21. The minimum Gasteiger partial charge on any atom is -0.508 e. The van der Waals surface area contributed by atoms with Gasteiger partial charge in [0.15, 0.2) is 0 Å². The molecule has 0 aliphatic rings. The number of unbranched alkanes of at least 4 members (excludes halogenated alkanes) is 3. The van der Waals surface area contributed by atoms with Gasteiger partial charge < -0.3 is 5.11 Å². The maximum atomic E-state index is 10.2. The molecule has 3 N–H and O–H groups in total. The monoisotopic (exact) mass is 372 g/mol. The summed E-state index contributed by atoms with van der Waals surface area (Å²) in [6.07, 6.45) is 4.87. The third-order valence-electron chi connectivity index (χ3n) is 4.76. The summed E-state index contributed by atoms with van der Waals surface area (Å²) in [5, 5.41) is 14.3. The first-order chi connectivity index (χ1) is 12.6. The molecule has 0 saturated carbocycles. The molecule has 0 aliphatic heterocycles. The number of aromatic nitrogens is 2. The highest BCUT2D eigenvalue weighted by Crippen LogP contribution is 2.29. The van der Waals surface area contributed by atoms with Gasteiger partial charge in [-0.1, -0.05) is 49.9 Å². The molecule has 3 rings (SSSR count). The Bertz CT molecular complexity index is 875. The van der Waals surface area contributed by atoms with Gasteiger partial charge in [0.05, 0.1) is 6.54 Å². The quantitative estimate of drug-likeness (QED) is 0.357. The van der Waals surface area contributed by atoms with Gasteiger partial charge in [0.2, 0.25) is 0 Å². The van der Waals surface area contributed by atoms with E-state index < -0.39 is 0 Å². The summed E-state index contributed by atoms with van der Waals surface area (Å²) in [5.41, 5.74) is 3.08. The number of benzene rings is 2. The third-order valence-corrected chi connectivity index (χ3v) is 5.00. The number of rotatable bonds is 8. The van der Waals surface area contributed by atoms with Crippen LogP contribution in [0.2, 0.25) is 5.02 Å². The lowest BCUT2D eigenvalue weighted by atomic mass is 10.1. The van der Waals surface area contributed by atoms with Crippen molar-refractivity contribution < 1.29 is 9.67 Å². The number of aromatic amines is 1. The molecule has 1 heterocycles. The van der Waals surface area contributed by atoms with E-state index in [4.69, 9.17) is 11.6 Å². The zero-order valence-corrected chi connectivity index (χ0v) is 16.2. The summed E-state index contributed by atoms with van der Waals surface area (Å²) in [6, 6.07) is 13.4. The van der Waals surface area contributed by atoms with Crippen LogP contribution in [0.4, 0.5) is 5.95 Å². The number of imidazole rings is 1. The average molecular weight is 373 g/mol. The lowest BCUT2D eigenvalue weighted by Gasteiger charge is -2.13. The standard InChI is InChI=1S/C21H26ClN3O/c1-3-4-5-8-13-25-19-10-7-6-9-18(19)24-21(25)23-15(2)17-14-16(22)11-12-20(17)26/h6-7,9-12,14-15H,3-5,8,13H2,1-2H3,(H2,23,24,26)/p+1. The van der Waals surface area contributed by atoms with Crippen LogP contribution in [0.15, 0.2) is 42.5 Å². The Kier molecular flexibility index (Phi) is 6.04. The molecule has 0 spiro atoms. The summed E-state index contributed by atoms with van der Waals surface area (Å²) in [5.74, 6) is 1.20. The largest absolute Gasteiger partial charge is 0.508 e. The molecule has 1 aromatic heterocycles. The third kappa shape index (κ3) is 4.13. The van der Waals surface area contributed by atoms with Crippen LogP contribution in [0.1, 0.15) is 51.1 Å². The number of fused-ring (bicyclic) bond motifs is 1. The predicted molar refractivity (Wildman–Crippen MR) is 108 cm³/mol. The van der Waals surface area contributed by atoms with E-state index in [0.717, 1.165) is 30.0 Å². The van der Waals surface area contributed by atoms with Crippen LogP contribution in [-0.2, 0) is 6.54 Å². The molecule has 0 radical (unpaired) electrons. The number of aromatic hydroxyl groups is 1. The smallest absolute Gasteiger partial charge is 0.356 e. The van der Waals surface area contributed by atoms with E-state index >= 15 is 0 Å². The number of anilines is 1. The molecule has 1 atom stereocenters. The zero-order chi connectivity index (χ0) is 18.5. The average Bonchev–Trinajstić information content (AvgIpc) is 2.98. The van der Waals surface area contributed by atoms with Crippen molar-refractivity contribution in [1.29, 1.82) is 0 Å². The summed E-state index contributed by atoms with van der Waals surface area (Å²) >= 11 is 6.11. The van der Waals surface area contributed by atoms with Crippen LogP contribution in [0.3, 0.4) is 0 Å². The van der Waals surface area contributed by atoms with Crippen molar-refractivity contribution in [1.82, 2.24) is 4.98 Å². The van der Waals surface area contributed by atoms with Gasteiger partial charge in [-0.15, -0.1) is 0 Å². The van der Waals surface area contributed by atoms with Gasteiger partial charge in [-0.05, 0) is 43.7 Å². The van der Waals surface area contributed by atoms with Crippen molar-refractivity contribution in [2.24, 2.45) is 0 Å². The summed E-state index contributed by atoms with van der Waals surface area (Å²) < 4.78 is 2.29. The number of nitrogens with one attached hydrogen (secondary N) is 2. The van der Waals surface area contributed by atoms with Crippen LogP contribution in [0.25, 0.3) is 11.0 Å². The van der Waals surface area contributed by atoms with Crippen molar-refractivity contribution >= 4 is 28.6 Å². The van der Waals surface area contributed by atoms with Gasteiger partial charge in [-0.25, -0.2) is 9.55 Å². The summed E-state index contributed by atoms with van der Waals surface area (Å²) in [6.45, 7) is 5.21. The van der Waals surface area contributed by atoms with E-state index in [1.165, 1.54) is 24.8 Å². The van der Waals surface area contributed by atoms with Gasteiger partial charge in [0, 0.05) is 10.6 Å². The number of H-pyrrole nitrogens is 1. The van der Waals surface area contributed by atoms with Crippen LogP contribution < -0.4 is 9.88 Å². The van der Waals surface area contributed by atoms with Crippen molar-refractivity contribution in [3.8, 4) is 5.75 Å². The Morgan fingerprint density at radius 1 is 1.15 bits per heavy atom. The maximum absolute atomic E-state index is 10.2. The van der Waals surface area contributed by atoms with Crippen LogP contribution >= 0.6 is 11.6 Å². The molecule has 0 aliphatic carbocycles. The number of para-hydroxylation sites is 2. The van der Waals surface area contributed by atoms with Crippen LogP contribution in [0.5, 0.6) is 5.75 Å². The van der Waals surface area contributed by atoms with Gasteiger partial charge in [0.1, 0.15) is 22.8 Å². The van der Waals surface area contributed by atoms with Crippen LogP contribution in [-0.4, -0.2) is 10.1 Å². The second kappa shape index (κ2) is 8.45. The van der Waals surface area contributed by atoms with Crippen LogP contribution in [0, 0.1) is 0 Å². The highest BCUT2D eigenvalue weighted by molar-refractivity contribution is 6.30. The van der Waals surface area contributed by atoms with Gasteiger partial charge in [-0.2, -0.15) is 0 Å². The number of phenolic OH excluding ortho intramolecular Hbond substituents is 1. The minimum atomic E-state index is -0.0799. The molecule has 0 amide bonds. The van der Waals surface area contributed by atoms with E-state index in [2.05, 4.69) is 40.0 Å². The number of nitrogens with zero attached hydrogens (tertiary/aromatic N) is 1. The Morgan fingerprint density at radius 2 is 1.96 bits per heavy atom. The fourth-order valence-electron chi connectivity index (χ4n) is 3.33. The van der Waals surface area contributed by atoms with Crippen molar-refractivity contribution in [2.75, 3.05) is 5.32 Å². The maximum Gasteiger partial charge on any atom is 0.356 e. The van der Waals surface area contributed by atoms with E-state index in [1.54, 1.807) is 12.1 Å². The molecule has 4 nitrogen and oxygen atoms in total. The molecule has 1 unspecified atom stereocenters. The molecule has 26 heavy (non-hydrogen) atoms. The van der Waals surface area contributed by atoms with Gasteiger partial charge in [0.25, 0.3) is 0 Å². The molecule has 0 saturated heterocycles. The number of hydrogen-bond acceptors (Lipinski definition) is 2. The molecular weight excluding hydrogens is 346 g/mol. The van der Waals surface area contributed by atoms with E-state index in [0.29, 0.717) is 5.02 Å². The number of aryl methyl sites for hydroxylation is 1. The molecule has 3 aromatic rings. The highest BCUT2D eigenvalue weighted by Gasteiger charge is 2.21. The molecule has 2 aromatic carbocycles. The van der Waals surface area contributed by atoms with Crippen molar-refractivity contribution in [3.05, 3.63) is 53.1 Å². The number of phenols is 1. The predicted octanol–water partition coefficient (Wildman–Crippen LogP) is 5.57.